The van der Waals surface area contributed by atoms with Gasteiger partial charge in [-0.3, -0.25) is 23.7 Å². The van der Waals surface area contributed by atoms with Gasteiger partial charge in [-0.1, -0.05) is 37.1 Å². The van der Waals surface area contributed by atoms with Crippen molar-refractivity contribution in [2.24, 2.45) is 5.92 Å². The number of amides is 4. The summed E-state index contributed by atoms with van der Waals surface area (Å²) in [6, 6.07) is 6.19. The second kappa shape index (κ2) is 14.4. The number of aromatic nitrogens is 2. The average Bonchev–Trinajstić information content (AvgIpc) is 3.93. The number of allylic oxidation sites excluding steroid dienone is 1. The Morgan fingerprint density at radius 3 is 2.58 bits per heavy atom. The van der Waals surface area contributed by atoms with Gasteiger partial charge in [-0.2, -0.15) is 4.98 Å². The molecule has 6 rings (SSSR count). The number of ether oxygens (including phenoxy) is 2. The maximum atomic E-state index is 14.4. The van der Waals surface area contributed by atoms with Crippen LogP contribution in [0.4, 0.5) is 4.79 Å². The molecular weight excluding hydrogens is 660 g/mol. The lowest BCUT2D eigenvalue weighted by molar-refractivity contribution is -0.141. The van der Waals surface area contributed by atoms with Crippen LogP contribution in [0.3, 0.4) is 0 Å². The molecule has 1 aromatic heterocycles. The molecule has 3 N–H and O–H groups in total. The lowest BCUT2D eigenvalue weighted by Gasteiger charge is -2.30. The smallest absolute Gasteiger partial charge is 0.408 e. The van der Waals surface area contributed by atoms with Gasteiger partial charge in [0.2, 0.25) is 11.8 Å². The highest BCUT2D eigenvalue weighted by atomic mass is 32.2. The van der Waals surface area contributed by atoms with E-state index in [0.717, 1.165) is 43.1 Å². The Labute approximate surface area is 295 Å². The number of nitrogens with zero attached hydrogens (tertiary/aromatic N) is 3. The Kier molecular flexibility index (Phi) is 10.3. The lowest BCUT2D eigenvalue weighted by atomic mass is 10.0. The second-order valence-electron chi connectivity index (χ2n) is 15.3. The first-order chi connectivity index (χ1) is 23.8. The van der Waals surface area contributed by atoms with Crippen LogP contribution in [0.1, 0.15) is 98.4 Å². The van der Waals surface area contributed by atoms with E-state index in [9.17, 15) is 23.4 Å². The number of alkyl carbamates (subject to hydrolysis) is 1. The molecule has 0 spiro atoms. The number of nitrogens with one attached hydrogen (secondary N) is 3. The molecule has 2 aliphatic heterocycles. The first kappa shape index (κ1) is 35.9. The maximum Gasteiger partial charge on any atom is 0.408 e. The van der Waals surface area contributed by atoms with Crippen LogP contribution in [0.15, 0.2) is 36.4 Å². The number of para-hydroxylation sites is 2. The van der Waals surface area contributed by atoms with E-state index >= 15 is 0 Å². The first-order valence-corrected chi connectivity index (χ1v) is 19.1. The molecule has 4 aliphatic rings. The van der Waals surface area contributed by atoms with Crippen molar-refractivity contribution in [2.75, 3.05) is 6.54 Å². The number of rotatable bonds is 7. The van der Waals surface area contributed by atoms with Gasteiger partial charge in [-0.25, -0.2) is 9.00 Å². The van der Waals surface area contributed by atoms with Crippen LogP contribution in [0.2, 0.25) is 0 Å². The molecule has 1 saturated heterocycles. The second-order valence-corrected chi connectivity index (χ2v) is 16.8. The van der Waals surface area contributed by atoms with Crippen LogP contribution in [-0.4, -0.2) is 83.6 Å². The van der Waals surface area contributed by atoms with Crippen molar-refractivity contribution in [3.63, 3.8) is 0 Å². The summed E-state index contributed by atoms with van der Waals surface area (Å²) in [5, 5.41) is 5.71. The Bertz CT molecular complexity index is 1680. The van der Waals surface area contributed by atoms with Crippen LogP contribution in [0, 0.1) is 5.92 Å². The zero-order valence-electron chi connectivity index (χ0n) is 29.6. The molecule has 14 heteroatoms. The molecule has 2 aliphatic carbocycles. The number of carbonyl (C=O) groups is 4. The van der Waals surface area contributed by atoms with Crippen molar-refractivity contribution in [3.8, 4) is 6.01 Å². The summed E-state index contributed by atoms with van der Waals surface area (Å²) in [5.41, 5.74) is -0.366. The van der Waals surface area contributed by atoms with Crippen molar-refractivity contribution in [1.29, 1.82) is 0 Å². The standard InChI is InChI=1S/C36H50N6O7S/c1-22(2)42-28-16-12-11-14-26(28)37-33(42)48-24-19-29-30(43)39-36(32(45)40-50(47)25-17-18-25)20-23(36)13-9-7-6-8-10-15-27(31(44)41(29)21-24)38-34(46)49-35(3,4)5/h9,11-14,16,22-25,27,29H,6-8,10,15,17-21H2,1-5H3,(H,38,46)(H,39,43)(H,40,45)/b13-9-/t23-,24-,27+,29+,36-,50?/m1/s1. The van der Waals surface area contributed by atoms with Crippen LogP contribution in [-0.2, 0) is 30.1 Å². The molecular formula is C36H50N6O7S. The topological polar surface area (TPSA) is 161 Å². The average molecular weight is 711 g/mol. The Morgan fingerprint density at radius 1 is 1.10 bits per heavy atom. The van der Waals surface area contributed by atoms with Crippen molar-refractivity contribution in [3.05, 3.63) is 36.4 Å². The molecule has 50 heavy (non-hydrogen) atoms. The minimum Gasteiger partial charge on any atom is -0.459 e. The van der Waals surface area contributed by atoms with Gasteiger partial charge in [0.25, 0.3) is 11.9 Å². The third-order valence-corrected chi connectivity index (χ3v) is 11.2. The fraction of sp³-hybridized carbons (Fsp3) is 0.639. The van der Waals surface area contributed by atoms with Gasteiger partial charge < -0.3 is 25.0 Å². The highest BCUT2D eigenvalue weighted by molar-refractivity contribution is 7.84. The molecule has 6 atom stereocenters. The van der Waals surface area contributed by atoms with E-state index < -0.39 is 64.1 Å². The Hall–Kier alpha value is -3.94. The molecule has 272 valence electrons. The normalized spacial score (nSPS) is 28.8. The molecule has 0 radical (unpaired) electrons. The quantitative estimate of drug-likeness (QED) is 0.361. The highest BCUT2D eigenvalue weighted by Crippen LogP contribution is 2.46. The lowest BCUT2D eigenvalue weighted by Crippen LogP contribution is -2.58. The van der Waals surface area contributed by atoms with Gasteiger partial charge in [-0.05, 0) is 85.3 Å². The van der Waals surface area contributed by atoms with Crippen LogP contribution in [0.5, 0.6) is 6.01 Å². The van der Waals surface area contributed by atoms with Crippen molar-refractivity contribution >= 4 is 45.8 Å². The maximum absolute atomic E-state index is 14.4. The van der Waals surface area contributed by atoms with E-state index in [4.69, 9.17) is 14.5 Å². The molecule has 1 aromatic carbocycles. The fourth-order valence-electron chi connectivity index (χ4n) is 6.92. The SMILES string of the molecule is CC(C)n1c(O[C@@H]2C[C@H]3C(=O)N[C@]4(C(=O)NS(=O)C5CC5)C[C@H]4/C=C\CCCCC[C@H](NC(=O)OC(C)(C)C)C(=O)N3C2)nc2ccccc21. The number of carbonyl (C=O) groups excluding carboxylic acids is 4. The van der Waals surface area contributed by atoms with Crippen LogP contribution in [0.25, 0.3) is 11.0 Å². The third-order valence-electron chi connectivity index (χ3n) is 9.71. The molecule has 2 saturated carbocycles. The van der Waals surface area contributed by atoms with E-state index in [2.05, 4.69) is 15.4 Å². The Balaban J connectivity index is 1.30. The van der Waals surface area contributed by atoms with Gasteiger partial charge in [0.05, 0.1) is 22.8 Å². The van der Waals surface area contributed by atoms with Gasteiger partial charge in [0, 0.05) is 18.4 Å². The van der Waals surface area contributed by atoms with E-state index in [0.29, 0.717) is 25.3 Å². The number of hydrogen-bond donors (Lipinski definition) is 3. The van der Waals surface area contributed by atoms with Crippen LogP contribution < -0.4 is 20.1 Å². The van der Waals surface area contributed by atoms with E-state index in [-0.39, 0.29) is 30.2 Å². The summed E-state index contributed by atoms with van der Waals surface area (Å²) in [6.07, 6.45) is 8.24. The predicted molar refractivity (Wildman–Crippen MR) is 188 cm³/mol. The van der Waals surface area contributed by atoms with Gasteiger partial charge in [0.15, 0.2) is 0 Å². The highest BCUT2D eigenvalue weighted by Gasteiger charge is 2.61. The van der Waals surface area contributed by atoms with Crippen molar-refractivity contribution in [1.82, 2.24) is 29.8 Å². The minimum absolute atomic E-state index is 0.0241. The number of fused-ring (bicyclic) bond motifs is 3. The van der Waals surface area contributed by atoms with E-state index in [1.807, 2.05) is 54.8 Å². The summed E-state index contributed by atoms with van der Waals surface area (Å²) >= 11 is 0. The summed E-state index contributed by atoms with van der Waals surface area (Å²) in [5.74, 6) is -1.67. The predicted octanol–water partition coefficient (Wildman–Crippen LogP) is 4.20. The van der Waals surface area contributed by atoms with Gasteiger partial charge in [-0.15, -0.1) is 0 Å². The molecule has 1 unspecified atom stereocenters. The first-order valence-electron chi connectivity index (χ1n) is 17.9. The number of benzene rings is 1. The number of hydrogen-bond acceptors (Lipinski definition) is 8. The zero-order valence-corrected chi connectivity index (χ0v) is 30.4. The molecule has 0 bridgehead atoms. The van der Waals surface area contributed by atoms with E-state index in [1.54, 1.807) is 20.8 Å². The largest absolute Gasteiger partial charge is 0.459 e. The van der Waals surface area contributed by atoms with Crippen LogP contribution >= 0.6 is 0 Å². The molecule has 3 heterocycles. The summed E-state index contributed by atoms with van der Waals surface area (Å²) in [7, 11) is -1.53. The number of imidazole rings is 1. The summed E-state index contributed by atoms with van der Waals surface area (Å²) in [6.45, 7) is 9.39. The minimum atomic E-state index is -1.53. The van der Waals surface area contributed by atoms with Gasteiger partial charge in [0.1, 0.15) is 40.3 Å². The fourth-order valence-corrected chi connectivity index (χ4v) is 8.01. The summed E-state index contributed by atoms with van der Waals surface area (Å²) in [4.78, 5) is 61.5. The van der Waals surface area contributed by atoms with Gasteiger partial charge >= 0.3 is 6.09 Å². The third kappa shape index (κ3) is 8.00. The zero-order chi connectivity index (χ0) is 35.8. The molecule has 13 nitrogen and oxygen atoms in total. The monoisotopic (exact) mass is 710 g/mol. The molecule has 2 aromatic rings. The van der Waals surface area contributed by atoms with Crippen molar-refractivity contribution < 1.29 is 32.9 Å². The summed E-state index contributed by atoms with van der Waals surface area (Å²) < 4.78 is 29.4. The Morgan fingerprint density at radius 2 is 1.86 bits per heavy atom. The molecule has 3 fully saturated rings. The van der Waals surface area contributed by atoms with E-state index in [1.165, 1.54) is 4.90 Å². The van der Waals surface area contributed by atoms with Crippen molar-refractivity contribution in [2.45, 2.75) is 133 Å². The molecule has 4 amide bonds.